The largest absolute Gasteiger partial charge is 0.496 e. The molecule has 0 saturated heterocycles. The first kappa shape index (κ1) is 12.4. The molecule has 2 rings (SSSR count). The molecular formula is C14H16N2O2. The number of rotatable bonds is 5. The van der Waals surface area contributed by atoms with Crippen LogP contribution in [-0.2, 0) is 6.54 Å². The van der Waals surface area contributed by atoms with Crippen LogP contribution in [0.3, 0.4) is 0 Å². The van der Waals surface area contributed by atoms with Gasteiger partial charge in [0.25, 0.3) is 0 Å². The van der Waals surface area contributed by atoms with Crippen molar-refractivity contribution in [2.24, 2.45) is 0 Å². The van der Waals surface area contributed by atoms with Gasteiger partial charge in [-0.3, -0.25) is 9.48 Å². The van der Waals surface area contributed by atoms with Crippen molar-refractivity contribution in [2.75, 3.05) is 7.11 Å². The van der Waals surface area contributed by atoms with Crippen LogP contribution >= 0.6 is 0 Å². The molecule has 1 aromatic carbocycles. The monoisotopic (exact) mass is 244 g/mol. The summed E-state index contributed by atoms with van der Waals surface area (Å²) in [5.74, 6) is 0.942. The van der Waals surface area contributed by atoms with Crippen molar-refractivity contribution in [3.63, 3.8) is 0 Å². The number of carbonyl (C=O) groups excluding carboxylic acids is 1. The first-order valence-electron chi connectivity index (χ1n) is 5.92. The topological polar surface area (TPSA) is 44.1 Å². The van der Waals surface area contributed by atoms with Gasteiger partial charge in [0.05, 0.1) is 25.4 Å². The van der Waals surface area contributed by atoms with Crippen LogP contribution in [0.1, 0.15) is 29.3 Å². The number of carbonyl (C=O) groups is 1. The van der Waals surface area contributed by atoms with Gasteiger partial charge in [-0.2, -0.15) is 5.10 Å². The van der Waals surface area contributed by atoms with Crippen LogP contribution < -0.4 is 4.74 Å². The average Bonchev–Trinajstić information content (AvgIpc) is 2.87. The zero-order chi connectivity index (χ0) is 13.0. The molecule has 4 heteroatoms. The fourth-order valence-corrected chi connectivity index (χ4v) is 1.81. The minimum absolute atomic E-state index is 0.112. The molecule has 0 aliphatic rings. The zero-order valence-corrected chi connectivity index (χ0v) is 10.6. The van der Waals surface area contributed by atoms with Gasteiger partial charge in [-0.25, -0.2) is 0 Å². The molecule has 2 aromatic rings. The van der Waals surface area contributed by atoms with Gasteiger partial charge in [0, 0.05) is 18.2 Å². The Kier molecular flexibility index (Phi) is 3.77. The van der Waals surface area contributed by atoms with Crippen LogP contribution in [0.4, 0.5) is 0 Å². The standard InChI is InChI=1S/C14H16N2O2/c1-3-13(17)12-8-15-16(10-12)9-11-6-4-5-7-14(11)18-2/h4-8,10H,3,9H2,1-2H3. The smallest absolute Gasteiger partial charge is 0.165 e. The maximum Gasteiger partial charge on any atom is 0.165 e. The third-order valence-electron chi connectivity index (χ3n) is 2.80. The molecule has 0 atom stereocenters. The highest BCUT2D eigenvalue weighted by Gasteiger charge is 2.08. The molecule has 0 bridgehead atoms. The van der Waals surface area contributed by atoms with E-state index in [0.717, 1.165) is 11.3 Å². The summed E-state index contributed by atoms with van der Waals surface area (Å²) in [5.41, 5.74) is 1.70. The number of nitrogens with zero attached hydrogens (tertiary/aromatic N) is 2. The number of hydrogen-bond acceptors (Lipinski definition) is 3. The van der Waals surface area contributed by atoms with Gasteiger partial charge in [-0.05, 0) is 6.07 Å². The minimum Gasteiger partial charge on any atom is -0.496 e. The molecule has 1 aromatic heterocycles. The zero-order valence-electron chi connectivity index (χ0n) is 10.6. The summed E-state index contributed by atoms with van der Waals surface area (Å²) in [4.78, 5) is 11.5. The lowest BCUT2D eigenvalue weighted by molar-refractivity contribution is 0.0988. The molecular weight excluding hydrogens is 228 g/mol. The first-order valence-corrected chi connectivity index (χ1v) is 5.92. The number of ether oxygens (including phenoxy) is 1. The van der Waals surface area contributed by atoms with Crippen molar-refractivity contribution in [3.8, 4) is 5.75 Å². The Balaban J connectivity index is 2.19. The SMILES string of the molecule is CCC(=O)c1cnn(Cc2ccccc2OC)c1. The van der Waals surface area contributed by atoms with E-state index in [1.807, 2.05) is 31.2 Å². The van der Waals surface area contributed by atoms with Crippen LogP contribution in [0.5, 0.6) is 5.75 Å². The third kappa shape index (κ3) is 2.59. The lowest BCUT2D eigenvalue weighted by Gasteiger charge is -2.07. The van der Waals surface area contributed by atoms with Gasteiger partial charge >= 0.3 is 0 Å². The van der Waals surface area contributed by atoms with Gasteiger partial charge in [0.2, 0.25) is 0 Å². The highest BCUT2D eigenvalue weighted by atomic mass is 16.5. The van der Waals surface area contributed by atoms with Gasteiger partial charge in [0.15, 0.2) is 5.78 Å². The molecule has 0 spiro atoms. The fourth-order valence-electron chi connectivity index (χ4n) is 1.81. The number of aromatic nitrogens is 2. The summed E-state index contributed by atoms with van der Waals surface area (Å²) in [6.45, 7) is 2.45. The molecule has 4 nitrogen and oxygen atoms in total. The second-order valence-electron chi connectivity index (χ2n) is 4.02. The number of hydrogen-bond donors (Lipinski definition) is 0. The van der Waals surface area contributed by atoms with Gasteiger partial charge in [0.1, 0.15) is 5.75 Å². The predicted molar refractivity (Wildman–Crippen MR) is 68.9 cm³/mol. The third-order valence-corrected chi connectivity index (χ3v) is 2.80. The van der Waals surface area contributed by atoms with Crippen LogP contribution in [0, 0.1) is 0 Å². The van der Waals surface area contributed by atoms with Crippen LogP contribution in [0.15, 0.2) is 36.7 Å². The number of benzene rings is 1. The van der Waals surface area contributed by atoms with Crippen molar-refractivity contribution < 1.29 is 9.53 Å². The molecule has 18 heavy (non-hydrogen) atoms. The van der Waals surface area contributed by atoms with E-state index in [4.69, 9.17) is 4.74 Å². The van der Waals surface area contributed by atoms with E-state index in [1.165, 1.54) is 0 Å². The van der Waals surface area contributed by atoms with Crippen LogP contribution in [0.2, 0.25) is 0 Å². The predicted octanol–water partition coefficient (Wildman–Crippen LogP) is 2.53. The Labute approximate surface area is 106 Å². The molecule has 1 heterocycles. The number of ketones is 1. The molecule has 0 radical (unpaired) electrons. The summed E-state index contributed by atoms with van der Waals surface area (Å²) in [6.07, 6.45) is 3.89. The molecule has 0 saturated carbocycles. The summed E-state index contributed by atoms with van der Waals surface area (Å²) >= 11 is 0. The highest BCUT2D eigenvalue weighted by Crippen LogP contribution is 2.18. The van der Waals surface area contributed by atoms with Gasteiger partial charge < -0.3 is 4.74 Å². The summed E-state index contributed by atoms with van der Waals surface area (Å²) < 4.78 is 7.04. The second-order valence-corrected chi connectivity index (χ2v) is 4.02. The first-order chi connectivity index (χ1) is 8.74. The Morgan fingerprint density at radius 1 is 1.39 bits per heavy atom. The van der Waals surface area contributed by atoms with Gasteiger partial charge in [-0.1, -0.05) is 25.1 Å². The molecule has 94 valence electrons. The maximum atomic E-state index is 11.5. The van der Waals surface area contributed by atoms with Crippen LogP contribution in [-0.4, -0.2) is 22.7 Å². The van der Waals surface area contributed by atoms with E-state index in [2.05, 4.69) is 5.10 Å². The normalized spacial score (nSPS) is 10.3. The number of Topliss-reactive ketones (excluding diaryl/α,β-unsaturated/α-hetero) is 1. The fraction of sp³-hybridized carbons (Fsp3) is 0.286. The van der Waals surface area contributed by atoms with E-state index in [1.54, 1.807) is 24.2 Å². The Morgan fingerprint density at radius 3 is 2.89 bits per heavy atom. The van der Waals surface area contributed by atoms with E-state index < -0.39 is 0 Å². The molecule has 0 amide bonds. The quantitative estimate of drug-likeness (QED) is 0.759. The van der Waals surface area contributed by atoms with Crippen LogP contribution in [0.25, 0.3) is 0 Å². The Hall–Kier alpha value is -2.10. The van der Waals surface area contributed by atoms with E-state index in [0.29, 0.717) is 18.5 Å². The van der Waals surface area contributed by atoms with Crippen molar-refractivity contribution >= 4 is 5.78 Å². The molecule has 0 unspecified atom stereocenters. The Bertz CT molecular complexity index is 546. The molecule has 0 aliphatic heterocycles. The average molecular weight is 244 g/mol. The highest BCUT2D eigenvalue weighted by molar-refractivity contribution is 5.95. The summed E-state index contributed by atoms with van der Waals surface area (Å²) in [5, 5.41) is 4.20. The summed E-state index contributed by atoms with van der Waals surface area (Å²) in [7, 11) is 1.65. The minimum atomic E-state index is 0.112. The van der Waals surface area contributed by atoms with E-state index in [-0.39, 0.29) is 5.78 Å². The number of methoxy groups -OCH3 is 1. The van der Waals surface area contributed by atoms with Crippen molar-refractivity contribution in [1.82, 2.24) is 9.78 Å². The lowest BCUT2D eigenvalue weighted by atomic mass is 10.2. The van der Waals surface area contributed by atoms with Crippen molar-refractivity contribution in [2.45, 2.75) is 19.9 Å². The van der Waals surface area contributed by atoms with Crippen molar-refractivity contribution in [1.29, 1.82) is 0 Å². The molecule has 0 N–H and O–H groups in total. The molecule has 0 fully saturated rings. The number of para-hydroxylation sites is 1. The summed E-state index contributed by atoms with van der Waals surface area (Å²) in [6, 6.07) is 7.79. The van der Waals surface area contributed by atoms with E-state index >= 15 is 0 Å². The van der Waals surface area contributed by atoms with E-state index in [9.17, 15) is 4.79 Å². The second kappa shape index (κ2) is 5.49. The Morgan fingerprint density at radius 2 is 2.17 bits per heavy atom. The molecule has 0 aliphatic carbocycles. The van der Waals surface area contributed by atoms with Gasteiger partial charge in [-0.15, -0.1) is 0 Å². The lowest BCUT2D eigenvalue weighted by Crippen LogP contribution is -2.02. The van der Waals surface area contributed by atoms with Crippen molar-refractivity contribution in [3.05, 3.63) is 47.8 Å². The maximum absolute atomic E-state index is 11.5.